The Morgan fingerprint density at radius 2 is 0.892 bits per heavy atom. The number of ketones is 2. The zero-order chi connectivity index (χ0) is 60.6. The summed E-state index contributed by atoms with van der Waals surface area (Å²) in [6, 6.07) is 7.98. The summed E-state index contributed by atoms with van der Waals surface area (Å²) in [4.78, 5) is 66.5. The van der Waals surface area contributed by atoms with Gasteiger partial charge in [0, 0.05) is 41.6 Å². The second-order valence-corrected chi connectivity index (χ2v) is 21.9. The van der Waals surface area contributed by atoms with Crippen molar-refractivity contribution in [3.63, 3.8) is 0 Å². The van der Waals surface area contributed by atoms with Crippen LogP contribution in [0.25, 0.3) is 12.2 Å². The molecule has 0 saturated carbocycles. The number of non-ortho nitro benzene ring substituents is 2. The molecule has 10 N–H and O–H groups in total. The fourth-order valence-corrected chi connectivity index (χ4v) is 9.58. The number of nitrogens with one attached hydrogen (secondary N) is 4. The molecule has 0 fully saturated rings. The molecule has 434 valence electrons. The van der Waals surface area contributed by atoms with Gasteiger partial charge in [-0.05, 0) is 82.9 Å². The number of anilines is 6. The number of hydrogen-bond acceptors (Lipinski definition) is 30. The van der Waals surface area contributed by atoms with Gasteiger partial charge in [0.1, 0.15) is 32.7 Å². The molecule has 4 aromatic carbocycles. The van der Waals surface area contributed by atoms with Gasteiger partial charge in [0.05, 0.1) is 56.4 Å². The molecular weight excluding hydrogens is 1280 g/mol. The van der Waals surface area contributed by atoms with Crippen LogP contribution < -0.4 is 31.0 Å². The van der Waals surface area contributed by atoms with Crippen molar-refractivity contribution in [1.82, 2.24) is 29.9 Å². The molecule has 2 aromatic heterocycles. The number of phenols is 2. The maximum Gasteiger partial charge on any atom is 1.00 e. The number of aromatic nitrogens is 6. The Bertz CT molecular complexity index is 4140. The number of fused-ring (bicyclic) bond motifs is 2. The van der Waals surface area contributed by atoms with Crippen molar-refractivity contribution >= 4 is 145 Å². The number of methoxy groups -OCH3 is 2. The zero-order valence-electron chi connectivity index (χ0n) is 45.4. The Kier molecular flexibility index (Phi) is 18.4. The fourth-order valence-electron chi connectivity index (χ4n) is 6.87. The molecule has 0 spiro atoms. The summed E-state index contributed by atoms with van der Waals surface area (Å²) < 4.78 is 145. The maximum absolute atomic E-state index is 13.6. The second-order valence-electron chi connectivity index (χ2n) is 15.6. The molecule has 0 amide bonds. The maximum atomic E-state index is 13.6. The summed E-state index contributed by atoms with van der Waals surface area (Å²) in [6.07, 6.45) is 1.36. The average Bonchev–Trinajstić information content (AvgIpc) is 0.907. The molecule has 0 aliphatic heterocycles. The van der Waals surface area contributed by atoms with Gasteiger partial charge in [0.15, 0.2) is 11.4 Å². The van der Waals surface area contributed by atoms with Crippen molar-refractivity contribution in [2.45, 2.75) is 9.79 Å². The van der Waals surface area contributed by atoms with E-state index >= 15 is 0 Å². The average molecular weight is 1310 g/mol. The van der Waals surface area contributed by atoms with Gasteiger partial charge < -0.3 is 30.3 Å². The first-order valence-corrected chi connectivity index (χ1v) is 27.5. The number of Topliss-reactive ketones (excluding diaryl/α,β-unsaturated/α-hetero) is 2. The molecule has 0 bridgehead atoms. The number of benzene rings is 4. The van der Waals surface area contributed by atoms with Crippen molar-refractivity contribution in [1.29, 1.82) is 0 Å². The van der Waals surface area contributed by atoms with Gasteiger partial charge in [-0.15, -0.1) is 0 Å². The summed E-state index contributed by atoms with van der Waals surface area (Å²) in [5.41, 5.74) is -1.98. The monoisotopic (exact) mass is 1310 g/mol. The van der Waals surface area contributed by atoms with Crippen LogP contribution in [0.4, 0.5) is 46.0 Å². The number of allylic oxidation sites excluding steroid dienone is 2. The quantitative estimate of drug-likeness (QED) is 0.0273. The molecule has 83 heavy (non-hydrogen) atoms. The number of hydrogen-bond donors (Lipinski definition) is 10. The van der Waals surface area contributed by atoms with Crippen LogP contribution in [0.5, 0.6) is 23.5 Å². The van der Waals surface area contributed by atoms with Crippen LogP contribution in [-0.2, 0) is 57.8 Å². The van der Waals surface area contributed by atoms with Gasteiger partial charge >= 0.3 is 19.2 Å². The third-order valence-corrected chi connectivity index (χ3v) is 14.1. The first kappa shape index (κ1) is 63.2. The Morgan fingerprint density at radius 1 is 0.542 bits per heavy atom. The number of phenolic OH excluding ortho intramolecular Hbond substituents is 2. The van der Waals surface area contributed by atoms with Crippen molar-refractivity contribution in [3.05, 3.63) is 124 Å². The summed E-state index contributed by atoms with van der Waals surface area (Å²) >= 11 is 11.7. The van der Waals surface area contributed by atoms with Gasteiger partial charge in [-0.2, -0.15) is 73.8 Å². The minimum atomic E-state index is -5.22. The van der Waals surface area contributed by atoms with Crippen molar-refractivity contribution < 1.29 is 115 Å². The van der Waals surface area contributed by atoms with E-state index in [2.05, 4.69) is 61.6 Å². The van der Waals surface area contributed by atoms with Gasteiger partial charge in [-0.1, -0.05) is 0 Å². The minimum absolute atomic E-state index is 0. The van der Waals surface area contributed by atoms with Gasteiger partial charge in [0.25, 0.3) is 51.8 Å². The predicted octanol–water partition coefficient (Wildman–Crippen LogP) is 4.62. The molecule has 0 atom stereocenters. The molecule has 36 nitrogen and oxygen atoms in total. The first-order valence-electron chi connectivity index (χ1n) is 21.0. The van der Waals surface area contributed by atoms with Crippen LogP contribution in [0.15, 0.2) is 90.5 Å². The number of rotatable bonds is 16. The topological polar surface area (TPSA) is 547 Å². The van der Waals surface area contributed by atoms with Gasteiger partial charge in [-0.25, -0.2) is 0 Å². The van der Waals surface area contributed by atoms with Crippen LogP contribution in [0.2, 0.25) is 10.6 Å². The van der Waals surface area contributed by atoms with E-state index in [9.17, 15) is 91.9 Å². The molecule has 2 heterocycles. The summed E-state index contributed by atoms with van der Waals surface area (Å²) in [6.45, 7) is 0. The van der Waals surface area contributed by atoms with Crippen LogP contribution in [-0.4, -0.2) is 139 Å². The summed E-state index contributed by atoms with van der Waals surface area (Å²) in [5.74, 6) is -4.34. The van der Waals surface area contributed by atoms with E-state index in [1.165, 1.54) is 14.2 Å². The molecule has 43 heteroatoms. The number of nitrogens with zero attached hydrogens (tertiary/aromatic N) is 10. The van der Waals surface area contributed by atoms with E-state index in [0.717, 1.165) is 60.7 Å². The third kappa shape index (κ3) is 14.6. The normalized spacial score (nSPS) is 14.1. The largest absolute Gasteiger partial charge is 1.00 e. The molecule has 0 saturated heterocycles. The predicted molar refractivity (Wildman–Crippen MR) is 287 cm³/mol. The Labute approximate surface area is 490 Å². The van der Waals surface area contributed by atoms with E-state index in [0.29, 0.717) is 12.2 Å². The van der Waals surface area contributed by atoms with Crippen molar-refractivity contribution in [2.24, 2.45) is 10.2 Å². The molecule has 0 unspecified atom stereocenters. The number of carbonyl (C=O) groups is 2. The number of hydrazone groups is 2. The summed E-state index contributed by atoms with van der Waals surface area (Å²) in [5, 5.41) is 53.8. The van der Waals surface area contributed by atoms with Crippen LogP contribution >= 0.6 is 23.2 Å². The van der Waals surface area contributed by atoms with Gasteiger partial charge in [-0.3, -0.25) is 58.9 Å². The summed E-state index contributed by atoms with van der Waals surface area (Å²) in [7, 11) is -17.9. The number of ether oxygens (including phenoxy) is 2. The zero-order valence-corrected chi connectivity index (χ0v) is 46.5. The second kappa shape index (κ2) is 24.2. The van der Waals surface area contributed by atoms with E-state index in [1.807, 2.05) is 0 Å². The van der Waals surface area contributed by atoms with E-state index in [4.69, 9.17) is 32.7 Å². The third-order valence-electron chi connectivity index (χ3n) is 10.4. The number of aromatic hydroxyl groups is 2. The minimum Gasteiger partial charge on any atom is -0.506 e. The van der Waals surface area contributed by atoms with E-state index < -0.39 is 161 Å². The Balaban J connectivity index is 0.000000824. The SMILES string of the molecule is COc1nc(Cl)nc(Nc2cc(S(=O)(=O)O)cc3c2C(=O)/C(=N\Nc2cc([N+](=O)[O-])ccc2O)C(S(=O)(=O)O)=C3)n1.COc1nc(Cl)nc(Nc2cc(S(=O)(=O)O)cc3c2C(=O)/C(=N\Nc2cc([N+](=O)[O-])ccc2O)C(S(=O)(=O)O)=C3)n1.[Cr].[H+].[H+].[H+].[H+].[H+]. The van der Waals surface area contributed by atoms with Crippen LogP contribution in [0.1, 0.15) is 39.0 Å². The van der Waals surface area contributed by atoms with Crippen molar-refractivity contribution in [2.75, 3.05) is 35.7 Å². The smallest absolute Gasteiger partial charge is 0.506 e. The molecule has 6 aromatic rings. The number of halogens is 2. The van der Waals surface area contributed by atoms with Crippen LogP contribution in [0.3, 0.4) is 0 Å². The Hall–Kier alpha value is -8.99. The molecule has 2 aliphatic rings. The molecule has 0 radical (unpaired) electrons. The number of carbonyl (C=O) groups excluding carboxylic acids is 2. The van der Waals surface area contributed by atoms with Crippen molar-refractivity contribution in [3.8, 4) is 23.5 Å². The van der Waals surface area contributed by atoms with Crippen LogP contribution in [0, 0.1) is 20.2 Å². The fraction of sp³-hybridized carbons (Fsp3) is 0.0500. The van der Waals surface area contributed by atoms with E-state index in [-0.39, 0.29) is 59.0 Å². The molecular formula is C40H33Cl2CrN14O22S4+5. The Morgan fingerprint density at radius 3 is 1.19 bits per heavy atom. The number of nitro benzene ring substituents is 2. The molecule has 8 rings (SSSR count). The number of nitro groups is 2. The van der Waals surface area contributed by atoms with E-state index in [1.54, 1.807) is 0 Å². The first-order chi connectivity index (χ1) is 38.2. The van der Waals surface area contributed by atoms with Gasteiger partial charge in [0.2, 0.25) is 34.0 Å². The molecule has 2 aliphatic carbocycles. The standard InChI is InChI=1S/2C20H14ClN7O11S2.Cr/c2*1-39-20-24-18(21)23-19(25-20)22-12-7-10(40(33,34)35)4-8-5-14(41(36,37)38)16(17(30)15(8)12)27-26-11-6-9(28(31)32)2-3-13(11)29;/h2*2-7,26,29H,1H3,(H,33,34,35)(H,36,37,38)(H,22,23,24,25);/p+5/b2*27-16-;.